The molecule has 0 radical (unpaired) electrons. The first-order valence-corrected chi connectivity index (χ1v) is 34.8. The van der Waals surface area contributed by atoms with Crippen LogP contribution in [-0.4, -0.2) is 380 Å². The number of amides is 4. The molecular weight excluding hydrogens is 1340 g/mol. The second-order valence-electron chi connectivity index (χ2n) is 24.0. The van der Waals surface area contributed by atoms with Gasteiger partial charge in [0.25, 0.3) is 0 Å². The van der Waals surface area contributed by atoms with E-state index in [0.29, 0.717) is 33.0 Å². The highest BCUT2D eigenvalue weighted by molar-refractivity contribution is 5.77. The Bertz CT molecular complexity index is 1870. The maximum Gasteiger partial charge on any atom is 0.222 e. The summed E-state index contributed by atoms with van der Waals surface area (Å²) in [4.78, 5) is 52.5. The number of hydrogen-bond acceptors (Lipinski definition) is 32. The Balaban J connectivity index is 1.49. The molecule has 15 atom stereocenters. The van der Waals surface area contributed by atoms with Gasteiger partial charge in [0.1, 0.15) is 42.2 Å². The van der Waals surface area contributed by atoms with Crippen LogP contribution in [0.25, 0.3) is 0 Å². The standard InChI is InChI=1S/C64H120N4O32/c1-5-13-82-21-26-87-31-32-88-27-22-83-14-9-54(75)68-64(42-92-15-6-51(72)65-10-18-84-23-28-89-33-36-95-61-45(2)55(76)58(79)48(39-69)98-61,43-93-16-7-52(73)66-11-19-85-24-29-90-34-37-96-62-46(3)56(77)59(80)49(40-70)99-62)44-94-17-8-53(74)67-12-20-86-25-30-91-35-38-97-63-47(4)57(78)60(81)50(41-71)100-63/h45-50,55-63,69-71,76-81H,5-44H2,1-4H3,(H,65,72)(H,66,73)(H,67,74)(H,68,75). The van der Waals surface area contributed by atoms with Crippen molar-refractivity contribution < 1.29 is 155 Å². The van der Waals surface area contributed by atoms with Crippen molar-refractivity contribution in [1.29, 1.82) is 0 Å². The molecule has 100 heavy (non-hydrogen) atoms. The lowest BCUT2D eigenvalue weighted by molar-refractivity contribution is -0.284. The molecule has 3 saturated heterocycles. The van der Waals surface area contributed by atoms with Gasteiger partial charge in [-0.15, -0.1) is 0 Å². The van der Waals surface area contributed by atoms with Crippen LogP contribution in [0.3, 0.4) is 0 Å². The average molecular weight is 1460 g/mol. The van der Waals surface area contributed by atoms with E-state index in [1.165, 1.54) is 0 Å². The van der Waals surface area contributed by atoms with Gasteiger partial charge in [0, 0.05) is 69.7 Å². The average Bonchev–Trinajstić information content (AvgIpc) is 0.835. The van der Waals surface area contributed by atoms with Crippen molar-refractivity contribution in [2.75, 3.05) is 231 Å². The van der Waals surface area contributed by atoms with Crippen LogP contribution in [0.5, 0.6) is 0 Å². The number of aliphatic hydroxyl groups excluding tert-OH is 9. The van der Waals surface area contributed by atoms with Crippen LogP contribution >= 0.6 is 0 Å². The number of carbonyl (C=O) groups excluding carboxylic acids is 4. The van der Waals surface area contributed by atoms with Crippen molar-refractivity contribution in [3.63, 3.8) is 0 Å². The highest BCUT2D eigenvalue weighted by Gasteiger charge is 2.45. The van der Waals surface area contributed by atoms with Gasteiger partial charge >= 0.3 is 0 Å². The van der Waals surface area contributed by atoms with Crippen LogP contribution in [0.4, 0.5) is 0 Å². The molecule has 588 valence electrons. The summed E-state index contributed by atoms with van der Waals surface area (Å²) in [5.41, 5.74) is -1.41. The smallest absolute Gasteiger partial charge is 0.222 e. The van der Waals surface area contributed by atoms with E-state index >= 15 is 0 Å². The van der Waals surface area contributed by atoms with Gasteiger partial charge in [0.2, 0.25) is 23.6 Å². The monoisotopic (exact) mass is 1460 g/mol. The molecule has 15 unspecified atom stereocenters. The van der Waals surface area contributed by atoms with Gasteiger partial charge in [-0.2, -0.15) is 0 Å². The number of carbonyl (C=O) groups is 4. The third-order valence-corrected chi connectivity index (χ3v) is 15.8. The molecule has 3 aliphatic heterocycles. The van der Waals surface area contributed by atoms with E-state index in [4.69, 9.17) is 90.0 Å². The molecule has 3 heterocycles. The van der Waals surface area contributed by atoms with Crippen LogP contribution in [-0.2, 0) is 109 Å². The van der Waals surface area contributed by atoms with Crippen LogP contribution in [0, 0.1) is 17.8 Å². The number of ether oxygens (including phenoxy) is 19. The number of hydrogen-bond donors (Lipinski definition) is 13. The molecule has 0 aromatic carbocycles. The van der Waals surface area contributed by atoms with Crippen molar-refractivity contribution in [1.82, 2.24) is 21.3 Å². The highest BCUT2D eigenvalue weighted by Crippen LogP contribution is 2.29. The summed E-state index contributed by atoms with van der Waals surface area (Å²) >= 11 is 0. The van der Waals surface area contributed by atoms with Crippen molar-refractivity contribution >= 4 is 23.6 Å². The van der Waals surface area contributed by atoms with Gasteiger partial charge in [0.15, 0.2) is 18.9 Å². The van der Waals surface area contributed by atoms with E-state index in [2.05, 4.69) is 21.3 Å². The SMILES string of the molecule is CCCOCCOCCOCCOCCC(=O)NC(COCCC(=O)NCCOCCOCCOC1OC(CO)C(O)C(O)C1C)(COCCC(=O)NCCOCCOCCOC1OC(CO)C(O)C(O)C1C)COCCC(=O)NCCOCCOCCOC1OC(CO)C(O)C(O)C1C. The zero-order chi connectivity index (χ0) is 73.0. The lowest BCUT2D eigenvalue weighted by atomic mass is 9.92. The summed E-state index contributed by atoms with van der Waals surface area (Å²) < 4.78 is 107. The second-order valence-corrected chi connectivity index (χ2v) is 24.0. The summed E-state index contributed by atoms with van der Waals surface area (Å²) in [6, 6.07) is 0. The first-order chi connectivity index (χ1) is 48.4. The summed E-state index contributed by atoms with van der Waals surface area (Å²) in [7, 11) is 0. The fourth-order valence-corrected chi connectivity index (χ4v) is 9.88. The van der Waals surface area contributed by atoms with E-state index in [1.807, 2.05) is 6.92 Å². The maximum absolute atomic E-state index is 13.7. The fourth-order valence-electron chi connectivity index (χ4n) is 9.88. The van der Waals surface area contributed by atoms with Crippen LogP contribution in [0.2, 0.25) is 0 Å². The Morgan fingerprint density at radius 1 is 0.320 bits per heavy atom. The molecule has 0 saturated carbocycles. The van der Waals surface area contributed by atoms with E-state index in [0.717, 1.165) is 6.42 Å². The largest absolute Gasteiger partial charge is 0.394 e. The minimum Gasteiger partial charge on any atom is -0.394 e. The van der Waals surface area contributed by atoms with E-state index in [9.17, 15) is 65.1 Å². The fraction of sp³-hybridized carbons (Fsp3) is 0.938. The van der Waals surface area contributed by atoms with Gasteiger partial charge in [0.05, 0.1) is 223 Å². The third kappa shape index (κ3) is 39.2. The Kier molecular flexibility index (Phi) is 51.9. The molecule has 36 heteroatoms. The molecule has 0 aromatic rings. The number of aliphatic hydroxyl groups is 9. The Morgan fingerprint density at radius 2 is 0.560 bits per heavy atom. The predicted molar refractivity (Wildman–Crippen MR) is 348 cm³/mol. The third-order valence-electron chi connectivity index (χ3n) is 15.8. The molecule has 13 N–H and O–H groups in total. The molecule has 0 bridgehead atoms. The van der Waals surface area contributed by atoms with E-state index in [-0.39, 0.29) is 222 Å². The highest BCUT2D eigenvalue weighted by atomic mass is 16.7. The van der Waals surface area contributed by atoms with Crippen molar-refractivity contribution in [3.8, 4) is 0 Å². The number of rotatable bonds is 63. The minimum atomic E-state index is -1.41. The zero-order valence-electron chi connectivity index (χ0n) is 58.9. The summed E-state index contributed by atoms with van der Waals surface area (Å²) in [6.45, 7) is 10.7. The van der Waals surface area contributed by atoms with Gasteiger partial charge in [-0.1, -0.05) is 27.7 Å². The molecule has 3 fully saturated rings. The van der Waals surface area contributed by atoms with Gasteiger partial charge in [-0.05, 0) is 6.42 Å². The first kappa shape index (κ1) is 91.0. The summed E-state index contributed by atoms with van der Waals surface area (Å²) in [5, 5.41) is 100. The maximum atomic E-state index is 13.7. The second kappa shape index (κ2) is 57.1. The van der Waals surface area contributed by atoms with Crippen LogP contribution < -0.4 is 21.3 Å². The topological polar surface area (TPSA) is 474 Å². The van der Waals surface area contributed by atoms with Crippen molar-refractivity contribution in [2.45, 2.75) is 139 Å². The lowest BCUT2D eigenvalue weighted by Crippen LogP contribution is -2.59. The molecule has 0 aliphatic carbocycles. The molecule has 0 spiro atoms. The Hall–Kier alpha value is -3.24. The lowest BCUT2D eigenvalue weighted by Gasteiger charge is -2.40. The van der Waals surface area contributed by atoms with Crippen LogP contribution in [0.15, 0.2) is 0 Å². The van der Waals surface area contributed by atoms with E-state index < -0.39 is 123 Å². The van der Waals surface area contributed by atoms with E-state index in [1.54, 1.807) is 20.8 Å². The normalized spacial score (nSPS) is 26.1. The number of nitrogens with one attached hydrogen (secondary N) is 4. The summed E-state index contributed by atoms with van der Waals surface area (Å²) in [5.74, 6) is -3.12. The quantitative estimate of drug-likeness (QED) is 0.0253. The Morgan fingerprint density at radius 3 is 0.840 bits per heavy atom. The molecule has 3 aliphatic rings. The summed E-state index contributed by atoms with van der Waals surface area (Å²) in [6.07, 6.45) is -11.9. The molecule has 3 rings (SSSR count). The van der Waals surface area contributed by atoms with Gasteiger partial charge in [-0.3, -0.25) is 19.2 Å². The first-order valence-electron chi connectivity index (χ1n) is 34.8. The molecule has 36 nitrogen and oxygen atoms in total. The van der Waals surface area contributed by atoms with Crippen molar-refractivity contribution in [3.05, 3.63) is 0 Å². The van der Waals surface area contributed by atoms with Gasteiger partial charge < -0.3 is 157 Å². The Labute approximate surface area is 586 Å². The van der Waals surface area contributed by atoms with Crippen LogP contribution in [0.1, 0.15) is 59.8 Å². The van der Waals surface area contributed by atoms with Gasteiger partial charge in [-0.25, -0.2) is 0 Å². The minimum absolute atomic E-state index is 0.0230. The predicted octanol–water partition coefficient (Wildman–Crippen LogP) is -5.35. The molecular formula is C64H120N4O32. The molecule has 4 amide bonds. The zero-order valence-corrected chi connectivity index (χ0v) is 58.9. The van der Waals surface area contributed by atoms with Crippen molar-refractivity contribution in [2.24, 2.45) is 17.8 Å². The molecule has 0 aromatic heterocycles.